The summed E-state index contributed by atoms with van der Waals surface area (Å²) in [4.78, 5) is 19.1. The summed E-state index contributed by atoms with van der Waals surface area (Å²) in [6.07, 6.45) is 3.34. The van der Waals surface area contributed by atoms with Gasteiger partial charge in [0.05, 0.1) is 5.01 Å². The molecule has 1 aliphatic heterocycles. The van der Waals surface area contributed by atoms with Crippen molar-refractivity contribution in [2.75, 3.05) is 25.0 Å². The lowest BCUT2D eigenvalue weighted by Crippen LogP contribution is -2.33. The van der Waals surface area contributed by atoms with E-state index in [0.29, 0.717) is 18.7 Å². The number of anilines is 1. The number of aromatic nitrogens is 1. The first kappa shape index (κ1) is 18.0. The summed E-state index contributed by atoms with van der Waals surface area (Å²) in [5.74, 6) is 0.617. The van der Waals surface area contributed by atoms with Crippen LogP contribution in [0.3, 0.4) is 0 Å². The molecule has 1 aromatic heterocycles. The van der Waals surface area contributed by atoms with E-state index in [1.54, 1.807) is 5.38 Å². The van der Waals surface area contributed by atoms with Crippen molar-refractivity contribution in [3.05, 3.63) is 45.9 Å². The van der Waals surface area contributed by atoms with Gasteiger partial charge in [0.25, 0.3) is 5.91 Å². The smallest absolute Gasteiger partial charge is 0.275 e. The van der Waals surface area contributed by atoms with Crippen LogP contribution in [0, 0.1) is 5.92 Å². The monoisotopic (exact) mass is 358 g/mol. The van der Waals surface area contributed by atoms with Gasteiger partial charge in [-0.05, 0) is 49.5 Å². The van der Waals surface area contributed by atoms with E-state index in [9.17, 15) is 4.79 Å². The molecule has 1 amide bonds. The molecule has 1 aliphatic rings. The first-order chi connectivity index (χ1) is 12.1. The zero-order valence-corrected chi connectivity index (χ0v) is 15.5. The van der Waals surface area contributed by atoms with Crippen molar-refractivity contribution in [2.24, 2.45) is 11.7 Å². The van der Waals surface area contributed by atoms with Crippen molar-refractivity contribution in [3.63, 3.8) is 0 Å². The lowest BCUT2D eigenvalue weighted by atomic mass is 10.00. The lowest BCUT2D eigenvalue weighted by Gasteiger charge is -2.30. The van der Waals surface area contributed by atoms with Gasteiger partial charge in [-0.1, -0.05) is 19.1 Å². The molecule has 2 heterocycles. The summed E-state index contributed by atoms with van der Waals surface area (Å²) in [5.41, 5.74) is 8.06. The normalized spacial score (nSPS) is 18.2. The molecule has 0 saturated carbocycles. The van der Waals surface area contributed by atoms with Gasteiger partial charge in [-0.15, -0.1) is 11.3 Å². The molecule has 0 radical (unpaired) electrons. The molecule has 3 rings (SSSR count). The molecule has 0 spiro atoms. The van der Waals surface area contributed by atoms with Gasteiger partial charge in [0.15, 0.2) is 0 Å². The molecule has 1 atom stereocenters. The number of amides is 1. The van der Waals surface area contributed by atoms with Crippen molar-refractivity contribution >= 4 is 22.9 Å². The Hall–Kier alpha value is -1.76. The van der Waals surface area contributed by atoms with Gasteiger partial charge >= 0.3 is 0 Å². The second-order valence-corrected chi connectivity index (χ2v) is 7.74. The van der Waals surface area contributed by atoms with Crippen LogP contribution in [-0.2, 0) is 13.0 Å². The number of carbonyl (C=O) groups is 1. The standard InChI is InChI=1S/C19H26N4OS/c1-14-3-2-10-23(11-14)12-15-4-6-16(7-5-15)21-19(24)17-13-25-18(22-17)8-9-20/h4-7,13-14H,2-3,8-12,20H2,1H3,(H,21,24). The number of rotatable bonds is 6. The predicted molar refractivity (Wildman–Crippen MR) is 103 cm³/mol. The van der Waals surface area contributed by atoms with Crippen LogP contribution in [0.15, 0.2) is 29.6 Å². The Balaban J connectivity index is 1.55. The average Bonchev–Trinajstić information content (AvgIpc) is 3.06. The SMILES string of the molecule is CC1CCCN(Cc2ccc(NC(=O)c3csc(CCN)n3)cc2)C1. The third-order valence-corrected chi connectivity index (χ3v) is 5.41. The van der Waals surface area contributed by atoms with Gasteiger partial charge in [0.2, 0.25) is 0 Å². The topological polar surface area (TPSA) is 71.2 Å². The predicted octanol–water partition coefficient (Wildman–Crippen LogP) is 3.13. The van der Waals surface area contributed by atoms with Gasteiger partial charge in [0, 0.05) is 30.6 Å². The Kier molecular flexibility index (Phi) is 6.18. The number of carbonyl (C=O) groups excluding carboxylic acids is 1. The molecule has 0 aliphatic carbocycles. The summed E-state index contributed by atoms with van der Waals surface area (Å²) >= 11 is 1.48. The maximum absolute atomic E-state index is 12.3. The molecule has 1 saturated heterocycles. The number of likely N-dealkylation sites (tertiary alicyclic amines) is 1. The molecular weight excluding hydrogens is 332 g/mol. The second-order valence-electron chi connectivity index (χ2n) is 6.80. The zero-order valence-electron chi connectivity index (χ0n) is 14.7. The Bertz CT molecular complexity index is 698. The summed E-state index contributed by atoms with van der Waals surface area (Å²) in [5, 5.41) is 5.60. The summed E-state index contributed by atoms with van der Waals surface area (Å²) in [7, 11) is 0. The number of thiazole rings is 1. The number of nitrogens with two attached hydrogens (primary N) is 1. The molecule has 6 heteroatoms. The highest BCUT2D eigenvalue weighted by Gasteiger charge is 2.16. The highest BCUT2D eigenvalue weighted by atomic mass is 32.1. The highest BCUT2D eigenvalue weighted by molar-refractivity contribution is 7.09. The molecular formula is C19H26N4OS. The quantitative estimate of drug-likeness (QED) is 0.832. The van der Waals surface area contributed by atoms with Crippen LogP contribution in [0.2, 0.25) is 0 Å². The molecule has 2 aromatic rings. The fourth-order valence-electron chi connectivity index (χ4n) is 3.23. The Labute approximate surface area is 153 Å². The molecule has 1 fully saturated rings. The van der Waals surface area contributed by atoms with Crippen LogP contribution in [0.5, 0.6) is 0 Å². The number of hydrogen-bond donors (Lipinski definition) is 2. The number of piperidine rings is 1. The first-order valence-corrected chi connectivity index (χ1v) is 9.79. The van der Waals surface area contributed by atoms with Crippen molar-refractivity contribution in [2.45, 2.75) is 32.7 Å². The van der Waals surface area contributed by atoms with Crippen LogP contribution in [0.25, 0.3) is 0 Å². The van der Waals surface area contributed by atoms with E-state index in [-0.39, 0.29) is 5.91 Å². The lowest BCUT2D eigenvalue weighted by molar-refractivity contribution is 0.102. The Morgan fingerprint density at radius 2 is 2.20 bits per heavy atom. The van der Waals surface area contributed by atoms with E-state index < -0.39 is 0 Å². The molecule has 134 valence electrons. The molecule has 1 unspecified atom stereocenters. The fourth-order valence-corrected chi connectivity index (χ4v) is 4.02. The molecule has 3 N–H and O–H groups in total. The highest BCUT2D eigenvalue weighted by Crippen LogP contribution is 2.19. The maximum atomic E-state index is 12.3. The van der Waals surface area contributed by atoms with E-state index in [0.717, 1.165) is 23.2 Å². The second kappa shape index (κ2) is 8.56. The van der Waals surface area contributed by atoms with Crippen LogP contribution < -0.4 is 11.1 Å². The van der Waals surface area contributed by atoms with E-state index in [2.05, 4.69) is 34.3 Å². The van der Waals surface area contributed by atoms with E-state index >= 15 is 0 Å². The molecule has 1 aromatic carbocycles. The van der Waals surface area contributed by atoms with Gasteiger partial charge in [0.1, 0.15) is 5.69 Å². The minimum absolute atomic E-state index is 0.169. The molecule has 0 bridgehead atoms. The van der Waals surface area contributed by atoms with Crippen molar-refractivity contribution in [1.82, 2.24) is 9.88 Å². The number of benzene rings is 1. The van der Waals surface area contributed by atoms with E-state index in [4.69, 9.17) is 5.73 Å². The van der Waals surface area contributed by atoms with Crippen LogP contribution in [0.1, 0.15) is 40.8 Å². The van der Waals surface area contributed by atoms with Crippen LogP contribution in [0.4, 0.5) is 5.69 Å². The number of hydrogen-bond acceptors (Lipinski definition) is 5. The van der Waals surface area contributed by atoms with Gasteiger partial charge in [-0.25, -0.2) is 4.98 Å². The van der Waals surface area contributed by atoms with Gasteiger partial charge in [-0.3, -0.25) is 9.69 Å². The maximum Gasteiger partial charge on any atom is 0.275 e. The Morgan fingerprint density at radius 1 is 1.40 bits per heavy atom. The number of nitrogens with one attached hydrogen (secondary N) is 1. The third-order valence-electron chi connectivity index (χ3n) is 4.50. The molecule has 25 heavy (non-hydrogen) atoms. The van der Waals surface area contributed by atoms with Gasteiger partial charge < -0.3 is 11.1 Å². The van der Waals surface area contributed by atoms with Crippen molar-refractivity contribution in [3.8, 4) is 0 Å². The summed E-state index contributed by atoms with van der Waals surface area (Å²) < 4.78 is 0. The van der Waals surface area contributed by atoms with Crippen molar-refractivity contribution in [1.29, 1.82) is 0 Å². The van der Waals surface area contributed by atoms with Crippen molar-refractivity contribution < 1.29 is 4.79 Å². The minimum Gasteiger partial charge on any atom is -0.330 e. The summed E-state index contributed by atoms with van der Waals surface area (Å²) in [6, 6.07) is 8.12. The Morgan fingerprint density at radius 3 is 2.92 bits per heavy atom. The first-order valence-electron chi connectivity index (χ1n) is 8.91. The molecule has 5 nitrogen and oxygen atoms in total. The van der Waals surface area contributed by atoms with Crippen LogP contribution >= 0.6 is 11.3 Å². The van der Waals surface area contributed by atoms with E-state index in [1.807, 2.05) is 12.1 Å². The van der Waals surface area contributed by atoms with Gasteiger partial charge in [-0.2, -0.15) is 0 Å². The average molecular weight is 359 g/mol. The number of nitrogens with zero attached hydrogens (tertiary/aromatic N) is 2. The fraction of sp³-hybridized carbons (Fsp3) is 0.474. The zero-order chi connectivity index (χ0) is 17.6. The summed E-state index contributed by atoms with van der Waals surface area (Å²) in [6.45, 7) is 6.20. The third kappa shape index (κ3) is 5.11. The van der Waals surface area contributed by atoms with Crippen LogP contribution in [-0.4, -0.2) is 35.4 Å². The van der Waals surface area contributed by atoms with E-state index in [1.165, 1.54) is 42.8 Å². The largest absolute Gasteiger partial charge is 0.330 e. The minimum atomic E-state index is -0.169.